The Balaban J connectivity index is 1.76. The monoisotopic (exact) mass is 270 g/mol. The number of hydrogen-bond acceptors (Lipinski definition) is 3. The van der Waals surface area contributed by atoms with Gasteiger partial charge in [-0.15, -0.1) is 0 Å². The number of benzene rings is 1. The molecule has 0 bridgehead atoms. The number of anilines is 1. The molecule has 0 aliphatic carbocycles. The predicted molar refractivity (Wildman–Crippen MR) is 81.7 cm³/mol. The van der Waals surface area contributed by atoms with Crippen molar-refractivity contribution in [3.8, 4) is 5.69 Å². The molecule has 2 aromatic rings. The van der Waals surface area contributed by atoms with Gasteiger partial charge in [-0.2, -0.15) is 5.10 Å². The van der Waals surface area contributed by atoms with Gasteiger partial charge in [-0.3, -0.25) is 4.90 Å². The number of aromatic nitrogens is 2. The maximum absolute atomic E-state index is 6.27. The summed E-state index contributed by atoms with van der Waals surface area (Å²) in [4.78, 5) is 2.50. The molecule has 1 aliphatic heterocycles. The molecule has 4 heteroatoms. The van der Waals surface area contributed by atoms with E-state index in [2.05, 4.69) is 10.00 Å². The minimum atomic E-state index is 0.764. The van der Waals surface area contributed by atoms with E-state index >= 15 is 0 Å². The standard InChI is InChI=1S/C16H22N4/c17-16-14(13-19-10-6-1-2-7-11-19)12-18-20(16)15-8-4-3-5-9-15/h3-5,8-9,12H,1-2,6-7,10-11,13,17H2. The molecule has 0 unspecified atom stereocenters. The Labute approximate surface area is 120 Å². The number of para-hydroxylation sites is 1. The SMILES string of the molecule is Nc1c(CN2CCCCCC2)cnn1-c1ccccc1. The zero-order valence-electron chi connectivity index (χ0n) is 11.8. The summed E-state index contributed by atoms with van der Waals surface area (Å²) in [6.07, 6.45) is 7.22. The van der Waals surface area contributed by atoms with Gasteiger partial charge in [0.05, 0.1) is 11.9 Å². The number of likely N-dealkylation sites (tertiary alicyclic amines) is 1. The van der Waals surface area contributed by atoms with Gasteiger partial charge in [-0.1, -0.05) is 31.0 Å². The minimum Gasteiger partial charge on any atom is -0.383 e. The smallest absolute Gasteiger partial charge is 0.131 e. The van der Waals surface area contributed by atoms with Crippen molar-refractivity contribution in [2.45, 2.75) is 32.2 Å². The Kier molecular flexibility index (Phi) is 4.02. The van der Waals surface area contributed by atoms with Crippen molar-refractivity contribution < 1.29 is 0 Å². The second-order valence-corrected chi connectivity index (χ2v) is 5.49. The topological polar surface area (TPSA) is 47.1 Å². The summed E-state index contributed by atoms with van der Waals surface area (Å²) < 4.78 is 1.83. The van der Waals surface area contributed by atoms with Gasteiger partial charge in [0.2, 0.25) is 0 Å². The van der Waals surface area contributed by atoms with Gasteiger partial charge in [0.1, 0.15) is 5.82 Å². The van der Waals surface area contributed by atoms with Gasteiger partial charge in [0.15, 0.2) is 0 Å². The lowest BCUT2D eigenvalue weighted by atomic mass is 10.2. The Morgan fingerprint density at radius 2 is 1.70 bits per heavy atom. The molecule has 106 valence electrons. The zero-order valence-corrected chi connectivity index (χ0v) is 11.8. The number of nitrogen functional groups attached to an aromatic ring is 1. The first-order valence-corrected chi connectivity index (χ1v) is 7.45. The normalized spacial score (nSPS) is 17.0. The van der Waals surface area contributed by atoms with Crippen LogP contribution in [0.2, 0.25) is 0 Å². The van der Waals surface area contributed by atoms with Gasteiger partial charge >= 0.3 is 0 Å². The summed E-state index contributed by atoms with van der Waals surface area (Å²) in [6, 6.07) is 10.1. The lowest BCUT2D eigenvalue weighted by molar-refractivity contribution is 0.277. The van der Waals surface area contributed by atoms with Crippen LogP contribution in [0.3, 0.4) is 0 Å². The van der Waals surface area contributed by atoms with E-state index in [1.165, 1.54) is 38.8 Å². The minimum absolute atomic E-state index is 0.764. The lowest BCUT2D eigenvalue weighted by Gasteiger charge is -2.19. The fourth-order valence-corrected chi connectivity index (χ4v) is 2.82. The molecule has 1 fully saturated rings. The molecule has 1 aliphatic rings. The number of hydrogen-bond donors (Lipinski definition) is 1. The van der Waals surface area contributed by atoms with E-state index in [1.807, 2.05) is 41.2 Å². The fraction of sp³-hybridized carbons (Fsp3) is 0.438. The van der Waals surface area contributed by atoms with Gasteiger partial charge in [-0.05, 0) is 38.1 Å². The van der Waals surface area contributed by atoms with Crippen LogP contribution in [0.1, 0.15) is 31.2 Å². The largest absolute Gasteiger partial charge is 0.383 e. The molecule has 0 atom stereocenters. The third kappa shape index (κ3) is 2.85. The van der Waals surface area contributed by atoms with Crippen molar-refractivity contribution in [1.29, 1.82) is 0 Å². The molecule has 2 N–H and O–H groups in total. The summed E-state index contributed by atoms with van der Waals surface area (Å²) in [5.74, 6) is 0.764. The molecule has 0 saturated carbocycles. The van der Waals surface area contributed by atoms with Gasteiger partial charge in [0.25, 0.3) is 0 Å². The van der Waals surface area contributed by atoms with Crippen molar-refractivity contribution in [3.63, 3.8) is 0 Å². The number of rotatable bonds is 3. The van der Waals surface area contributed by atoms with Crippen molar-refractivity contribution in [2.24, 2.45) is 0 Å². The van der Waals surface area contributed by atoms with Crippen LogP contribution in [-0.4, -0.2) is 27.8 Å². The molecule has 0 spiro atoms. The first-order chi connectivity index (χ1) is 9.84. The fourth-order valence-electron chi connectivity index (χ4n) is 2.82. The summed E-state index contributed by atoms with van der Waals surface area (Å²) in [5, 5.41) is 4.44. The van der Waals surface area contributed by atoms with Gasteiger partial charge < -0.3 is 5.73 Å². The van der Waals surface area contributed by atoms with Crippen molar-refractivity contribution >= 4 is 5.82 Å². The van der Waals surface area contributed by atoms with E-state index < -0.39 is 0 Å². The maximum atomic E-state index is 6.27. The second-order valence-electron chi connectivity index (χ2n) is 5.49. The molecule has 2 heterocycles. The molecule has 3 rings (SSSR count). The summed E-state index contributed by atoms with van der Waals surface area (Å²) in [7, 11) is 0. The van der Waals surface area contributed by atoms with E-state index in [0.29, 0.717) is 0 Å². The van der Waals surface area contributed by atoms with Crippen LogP contribution in [0.4, 0.5) is 5.82 Å². The average Bonchev–Trinajstić information content (AvgIpc) is 2.68. The molecule has 1 aromatic carbocycles. The van der Waals surface area contributed by atoms with Crippen LogP contribution < -0.4 is 5.73 Å². The van der Waals surface area contributed by atoms with E-state index in [-0.39, 0.29) is 0 Å². The van der Waals surface area contributed by atoms with Gasteiger partial charge in [-0.25, -0.2) is 4.68 Å². The average molecular weight is 270 g/mol. The van der Waals surface area contributed by atoms with E-state index in [9.17, 15) is 0 Å². The Bertz CT molecular complexity index is 539. The third-order valence-electron chi connectivity index (χ3n) is 3.98. The van der Waals surface area contributed by atoms with Crippen LogP contribution in [0.25, 0.3) is 5.69 Å². The quantitative estimate of drug-likeness (QED) is 0.933. The first-order valence-electron chi connectivity index (χ1n) is 7.45. The van der Waals surface area contributed by atoms with Crippen LogP contribution in [0.5, 0.6) is 0 Å². The molecular formula is C16H22N4. The van der Waals surface area contributed by atoms with E-state index in [1.54, 1.807) is 0 Å². The van der Waals surface area contributed by atoms with E-state index in [4.69, 9.17) is 5.73 Å². The van der Waals surface area contributed by atoms with Crippen molar-refractivity contribution in [2.75, 3.05) is 18.8 Å². The lowest BCUT2D eigenvalue weighted by Crippen LogP contribution is -2.24. The molecule has 1 aromatic heterocycles. The van der Waals surface area contributed by atoms with Crippen LogP contribution in [0.15, 0.2) is 36.5 Å². The predicted octanol–water partition coefficient (Wildman–Crippen LogP) is 2.83. The summed E-state index contributed by atoms with van der Waals surface area (Å²) >= 11 is 0. The first kappa shape index (κ1) is 13.2. The highest BCUT2D eigenvalue weighted by Crippen LogP contribution is 2.20. The third-order valence-corrected chi connectivity index (χ3v) is 3.98. The Morgan fingerprint density at radius 1 is 1.00 bits per heavy atom. The van der Waals surface area contributed by atoms with Gasteiger partial charge in [0, 0.05) is 12.1 Å². The molecular weight excluding hydrogens is 248 g/mol. The molecule has 0 radical (unpaired) electrons. The molecule has 20 heavy (non-hydrogen) atoms. The highest BCUT2D eigenvalue weighted by molar-refractivity contribution is 5.46. The Hall–Kier alpha value is -1.81. The number of nitrogens with zero attached hydrogens (tertiary/aromatic N) is 3. The van der Waals surface area contributed by atoms with Crippen molar-refractivity contribution in [1.82, 2.24) is 14.7 Å². The number of nitrogens with two attached hydrogens (primary N) is 1. The molecule has 1 saturated heterocycles. The molecule has 4 nitrogen and oxygen atoms in total. The van der Waals surface area contributed by atoms with Crippen molar-refractivity contribution in [3.05, 3.63) is 42.1 Å². The zero-order chi connectivity index (χ0) is 13.8. The molecule has 0 amide bonds. The van der Waals surface area contributed by atoms with Crippen LogP contribution in [-0.2, 0) is 6.54 Å². The highest BCUT2D eigenvalue weighted by atomic mass is 15.3. The second kappa shape index (κ2) is 6.09. The van der Waals surface area contributed by atoms with Crippen LogP contribution >= 0.6 is 0 Å². The summed E-state index contributed by atoms with van der Waals surface area (Å²) in [6.45, 7) is 3.27. The van der Waals surface area contributed by atoms with Crippen LogP contribution in [0, 0.1) is 0 Å². The highest BCUT2D eigenvalue weighted by Gasteiger charge is 2.14. The van der Waals surface area contributed by atoms with E-state index in [0.717, 1.165) is 23.6 Å². The maximum Gasteiger partial charge on any atom is 0.131 e. The Morgan fingerprint density at radius 3 is 2.40 bits per heavy atom. The summed E-state index contributed by atoms with van der Waals surface area (Å²) in [5.41, 5.74) is 8.42.